The molecule has 2 saturated carbocycles. The Morgan fingerprint density at radius 3 is 2.44 bits per heavy atom. The number of rotatable bonds is 4. The van der Waals surface area contributed by atoms with Crippen LogP contribution in [0.4, 0.5) is 0 Å². The molecule has 0 saturated heterocycles. The van der Waals surface area contributed by atoms with Crippen LogP contribution in [0.2, 0.25) is 0 Å². The van der Waals surface area contributed by atoms with E-state index < -0.39 is 5.41 Å². The van der Waals surface area contributed by atoms with Gasteiger partial charge in [-0.05, 0) is 38.5 Å². The van der Waals surface area contributed by atoms with Crippen molar-refractivity contribution in [1.29, 1.82) is 5.26 Å². The Labute approximate surface area is 95.9 Å². The molecule has 0 bridgehead atoms. The van der Waals surface area contributed by atoms with Gasteiger partial charge in [0.15, 0.2) is 0 Å². The predicted octanol–water partition coefficient (Wildman–Crippen LogP) is 1.05. The first-order valence-corrected chi connectivity index (χ1v) is 6.07. The second-order valence-electron chi connectivity index (χ2n) is 4.85. The summed E-state index contributed by atoms with van der Waals surface area (Å²) >= 11 is 0. The summed E-state index contributed by atoms with van der Waals surface area (Å²) in [5.74, 6) is -0.0417. The van der Waals surface area contributed by atoms with E-state index in [0.717, 1.165) is 25.7 Å². The van der Waals surface area contributed by atoms with Gasteiger partial charge in [0, 0.05) is 12.6 Å². The van der Waals surface area contributed by atoms with Crippen molar-refractivity contribution in [2.45, 2.75) is 44.6 Å². The number of aliphatic hydroxyl groups is 1. The van der Waals surface area contributed by atoms with Crippen molar-refractivity contribution in [3.05, 3.63) is 0 Å². The summed E-state index contributed by atoms with van der Waals surface area (Å²) in [6.07, 6.45) is 5.55. The van der Waals surface area contributed by atoms with Crippen molar-refractivity contribution in [1.82, 2.24) is 4.90 Å². The molecule has 2 fully saturated rings. The second-order valence-corrected chi connectivity index (χ2v) is 4.85. The van der Waals surface area contributed by atoms with Gasteiger partial charge in [-0.2, -0.15) is 5.26 Å². The highest BCUT2D eigenvalue weighted by atomic mass is 16.3. The van der Waals surface area contributed by atoms with E-state index in [2.05, 4.69) is 6.07 Å². The Kier molecular flexibility index (Phi) is 3.15. The van der Waals surface area contributed by atoms with Gasteiger partial charge in [0.25, 0.3) is 0 Å². The Morgan fingerprint density at radius 2 is 2.12 bits per heavy atom. The quantitative estimate of drug-likeness (QED) is 0.773. The molecule has 2 rings (SSSR count). The van der Waals surface area contributed by atoms with Crippen LogP contribution in [0.3, 0.4) is 0 Å². The fourth-order valence-corrected chi connectivity index (χ4v) is 2.43. The molecule has 0 unspecified atom stereocenters. The van der Waals surface area contributed by atoms with Gasteiger partial charge < -0.3 is 10.0 Å². The summed E-state index contributed by atoms with van der Waals surface area (Å²) in [7, 11) is 0. The fourth-order valence-electron chi connectivity index (χ4n) is 2.43. The molecule has 4 nitrogen and oxygen atoms in total. The van der Waals surface area contributed by atoms with Gasteiger partial charge in [0.05, 0.1) is 12.7 Å². The lowest BCUT2D eigenvalue weighted by Crippen LogP contribution is -2.53. The molecule has 1 N–H and O–H groups in total. The lowest BCUT2D eigenvalue weighted by Gasteiger charge is -2.44. The van der Waals surface area contributed by atoms with Crippen molar-refractivity contribution in [2.75, 3.05) is 13.2 Å². The van der Waals surface area contributed by atoms with Gasteiger partial charge in [0.2, 0.25) is 5.91 Å². The summed E-state index contributed by atoms with van der Waals surface area (Å²) in [6, 6.07) is 2.45. The first-order valence-electron chi connectivity index (χ1n) is 6.07. The molecule has 0 radical (unpaired) electrons. The number of nitrogens with zero attached hydrogens (tertiary/aromatic N) is 2. The zero-order valence-corrected chi connectivity index (χ0v) is 9.48. The molecular weight excluding hydrogens is 204 g/mol. The molecule has 16 heavy (non-hydrogen) atoms. The highest BCUT2D eigenvalue weighted by Gasteiger charge is 2.48. The van der Waals surface area contributed by atoms with Gasteiger partial charge in [-0.1, -0.05) is 0 Å². The van der Waals surface area contributed by atoms with Crippen LogP contribution in [0.5, 0.6) is 0 Å². The van der Waals surface area contributed by atoms with E-state index in [4.69, 9.17) is 10.4 Å². The first kappa shape index (κ1) is 11.4. The minimum absolute atomic E-state index is 0.0102. The standard InChI is InChI=1S/C12H18N2O2/c13-9-12(5-2-6-12)11(16)14(7-8-15)10-3-1-4-10/h10,15H,1-8H2. The van der Waals surface area contributed by atoms with Gasteiger partial charge in [-0.25, -0.2) is 0 Å². The predicted molar refractivity (Wildman–Crippen MR) is 58.3 cm³/mol. The van der Waals surface area contributed by atoms with Crippen LogP contribution in [0.25, 0.3) is 0 Å². The van der Waals surface area contributed by atoms with Gasteiger partial charge >= 0.3 is 0 Å². The molecule has 0 atom stereocenters. The minimum Gasteiger partial charge on any atom is -0.395 e. The Morgan fingerprint density at radius 1 is 1.44 bits per heavy atom. The average molecular weight is 222 g/mol. The van der Waals surface area contributed by atoms with E-state index in [1.165, 1.54) is 0 Å². The van der Waals surface area contributed by atoms with Gasteiger partial charge in [0.1, 0.15) is 5.41 Å². The fraction of sp³-hybridized carbons (Fsp3) is 0.833. The zero-order valence-electron chi connectivity index (χ0n) is 9.48. The second kappa shape index (κ2) is 4.42. The first-order chi connectivity index (χ1) is 7.73. The lowest BCUT2D eigenvalue weighted by atomic mass is 9.68. The van der Waals surface area contributed by atoms with Crippen LogP contribution in [-0.4, -0.2) is 35.1 Å². The number of carbonyl (C=O) groups is 1. The number of hydrogen-bond donors (Lipinski definition) is 1. The third-order valence-electron chi connectivity index (χ3n) is 3.95. The third kappa shape index (κ3) is 1.69. The number of aliphatic hydroxyl groups excluding tert-OH is 1. The Hall–Kier alpha value is -1.08. The average Bonchev–Trinajstić information content (AvgIpc) is 2.13. The van der Waals surface area contributed by atoms with Gasteiger partial charge in [-0.15, -0.1) is 0 Å². The summed E-state index contributed by atoms with van der Waals surface area (Å²) in [5.41, 5.74) is -0.759. The van der Waals surface area contributed by atoms with E-state index >= 15 is 0 Å². The molecule has 88 valence electrons. The molecule has 0 heterocycles. The van der Waals surface area contributed by atoms with E-state index in [0.29, 0.717) is 19.4 Å². The summed E-state index contributed by atoms with van der Waals surface area (Å²) in [6.45, 7) is 0.372. The maximum absolute atomic E-state index is 12.3. The van der Waals surface area contributed by atoms with Crippen molar-refractivity contribution >= 4 is 5.91 Å². The lowest BCUT2D eigenvalue weighted by molar-refractivity contribution is -0.147. The molecular formula is C12H18N2O2. The summed E-state index contributed by atoms with van der Waals surface area (Å²) < 4.78 is 0. The smallest absolute Gasteiger partial charge is 0.243 e. The van der Waals surface area contributed by atoms with Crippen molar-refractivity contribution in [2.24, 2.45) is 5.41 Å². The van der Waals surface area contributed by atoms with Crippen LogP contribution in [-0.2, 0) is 4.79 Å². The SMILES string of the molecule is N#CC1(C(=O)N(CCO)C2CCC2)CCC1. The molecule has 2 aliphatic carbocycles. The molecule has 1 amide bonds. The minimum atomic E-state index is -0.759. The molecule has 2 aliphatic rings. The molecule has 4 heteroatoms. The van der Waals surface area contributed by atoms with E-state index in [1.807, 2.05) is 0 Å². The molecule has 0 aliphatic heterocycles. The topological polar surface area (TPSA) is 64.3 Å². The number of amides is 1. The largest absolute Gasteiger partial charge is 0.395 e. The van der Waals surface area contributed by atoms with E-state index in [-0.39, 0.29) is 18.6 Å². The van der Waals surface area contributed by atoms with E-state index in [1.54, 1.807) is 4.90 Å². The van der Waals surface area contributed by atoms with Crippen molar-refractivity contribution < 1.29 is 9.90 Å². The highest BCUT2D eigenvalue weighted by molar-refractivity contribution is 5.86. The van der Waals surface area contributed by atoms with Crippen molar-refractivity contribution in [3.63, 3.8) is 0 Å². The van der Waals surface area contributed by atoms with Crippen molar-refractivity contribution in [3.8, 4) is 6.07 Å². The van der Waals surface area contributed by atoms with E-state index in [9.17, 15) is 4.79 Å². The number of hydrogen-bond acceptors (Lipinski definition) is 3. The van der Waals surface area contributed by atoms with Crippen LogP contribution in [0.1, 0.15) is 38.5 Å². The van der Waals surface area contributed by atoms with Crippen LogP contribution in [0, 0.1) is 16.7 Å². The summed E-state index contributed by atoms with van der Waals surface area (Å²) in [5, 5.41) is 18.1. The van der Waals surface area contributed by atoms with Crippen LogP contribution in [0.15, 0.2) is 0 Å². The normalized spacial score (nSPS) is 22.8. The van der Waals surface area contributed by atoms with Crippen LogP contribution < -0.4 is 0 Å². The Balaban J connectivity index is 2.07. The highest BCUT2D eigenvalue weighted by Crippen LogP contribution is 2.43. The van der Waals surface area contributed by atoms with Gasteiger partial charge in [-0.3, -0.25) is 4.79 Å². The number of nitriles is 1. The Bertz CT molecular complexity index is 313. The third-order valence-corrected chi connectivity index (χ3v) is 3.95. The molecule has 0 aromatic rings. The molecule has 0 aromatic carbocycles. The zero-order chi connectivity index (χ0) is 11.6. The maximum atomic E-state index is 12.3. The monoisotopic (exact) mass is 222 g/mol. The van der Waals surface area contributed by atoms with Crippen LogP contribution >= 0.6 is 0 Å². The maximum Gasteiger partial charge on any atom is 0.243 e. The number of carbonyl (C=O) groups excluding carboxylic acids is 1. The molecule has 0 aromatic heterocycles. The molecule has 0 spiro atoms. The summed E-state index contributed by atoms with van der Waals surface area (Å²) in [4.78, 5) is 14.0.